The molecule has 0 aromatic heterocycles. The number of sulfone groups is 2. The van der Waals surface area contributed by atoms with E-state index in [1.807, 2.05) is 0 Å². The standard InChI is InChI=1S/C6H15NO4S2/c1-5(12(3,8)9)7-6(2)13(4,10)11/h5-7H,1-4H3. The summed E-state index contributed by atoms with van der Waals surface area (Å²) < 4.78 is 43.7. The molecule has 0 bridgehead atoms. The predicted molar refractivity (Wildman–Crippen MR) is 51.7 cm³/mol. The first-order chi connectivity index (χ1) is 5.55. The Balaban J connectivity index is 4.50. The third-order valence-electron chi connectivity index (χ3n) is 1.75. The van der Waals surface area contributed by atoms with Crippen LogP contribution in [0, 0.1) is 0 Å². The van der Waals surface area contributed by atoms with Crippen LogP contribution in [0.1, 0.15) is 13.8 Å². The number of hydrogen-bond donors (Lipinski definition) is 1. The minimum absolute atomic E-state index is 0.850. The van der Waals surface area contributed by atoms with E-state index in [4.69, 9.17) is 0 Å². The van der Waals surface area contributed by atoms with Gasteiger partial charge in [-0.25, -0.2) is 16.8 Å². The van der Waals surface area contributed by atoms with Crippen molar-refractivity contribution >= 4 is 19.7 Å². The Morgan fingerprint density at radius 3 is 1.23 bits per heavy atom. The molecular weight excluding hydrogens is 214 g/mol. The SMILES string of the molecule is CC(NC(C)S(C)(=O)=O)S(C)(=O)=O. The molecule has 0 saturated carbocycles. The van der Waals surface area contributed by atoms with Gasteiger partial charge in [0.05, 0.1) is 0 Å². The van der Waals surface area contributed by atoms with E-state index in [0.29, 0.717) is 0 Å². The van der Waals surface area contributed by atoms with E-state index in [-0.39, 0.29) is 0 Å². The summed E-state index contributed by atoms with van der Waals surface area (Å²) in [5.41, 5.74) is 0. The van der Waals surface area contributed by atoms with Crippen LogP contribution in [0.15, 0.2) is 0 Å². The van der Waals surface area contributed by atoms with Crippen molar-refractivity contribution in [3.05, 3.63) is 0 Å². The van der Waals surface area contributed by atoms with Crippen molar-refractivity contribution in [1.82, 2.24) is 5.32 Å². The largest absolute Gasteiger partial charge is 0.286 e. The minimum atomic E-state index is -3.23. The van der Waals surface area contributed by atoms with Crippen molar-refractivity contribution in [2.75, 3.05) is 12.5 Å². The Morgan fingerprint density at radius 1 is 0.846 bits per heavy atom. The van der Waals surface area contributed by atoms with Gasteiger partial charge in [-0.1, -0.05) is 0 Å². The Morgan fingerprint density at radius 2 is 1.08 bits per heavy atom. The van der Waals surface area contributed by atoms with E-state index < -0.39 is 30.4 Å². The topological polar surface area (TPSA) is 80.3 Å². The zero-order valence-corrected chi connectivity index (χ0v) is 9.74. The lowest BCUT2D eigenvalue weighted by atomic mass is 10.6. The summed E-state index contributed by atoms with van der Waals surface area (Å²) in [6.45, 7) is 2.83. The second kappa shape index (κ2) is 3.93. The van der Waals surface area contributed by atoms with Gasteiger partial charge in [0.15, 0.2) is 19.7 Å². The van der Waals surface area contributed by atoms with Gasteiger partial charge in [-0.05, 0) is 13.8 Å². The maximum atomic E-state index is 10.9. The molecule has 0 spiro atoms. The quantitative estimate of drug-likeness (QED) is 0.693. The molecular formula is C6H15NO4S2. The molecule has 0 rings (SSSR count). The zero-order valence-electron chi connectivity index (χ0n) is 8.10. The fourth-order valence-corrected chi connectivity index (χ4v) is 1.57. The maximum Gasteiger partial charge on any atom is 0.163 e. The van der Waals surface area contributed by atoms with E-state index in [0.717, 1.165) is 12.5 Å². The number of rotatable bonds is 4. The van der Waals surface area contributed by atoms with E-state index >= 15 is 0 Å². The van der Waals surface area contributed by atoms with Crippen molar-refractivity contribution in [2.45, 2.75) is 24.6 Å². The third kappa shape index (κ3) is 4.58. The molecule has 2 atom stereocenters. The van der Waals surface area contributed by atoms with Crippen molar-refractivity contribution in [2.24, 2.45) is 0 Å². The summed E-state index contributed by atoms with van der Waals surface area (Å²) in [5.74, 6) is 0. The van der Waals surface area contributed by atoms with Crippen LogP contribution in [0.3, 0.4) is 0 Å². The first-order valence-electron chi connectivity index (χ1n) is 3.69. The van der Waals surface area contributed by atoms with Gasteiger partial charge in [-0.2, -0.15) is 0 Å². The average molecular weight is 229 g/mol. The van der Waals surface area contributed by atoms with E-state index in [1.165, 1.54) is 13.8 Å². The van der Waals surface area contributed by atoms with Crippen LogP contribution in [-0.4, -0.2) is 40.1 Å². The summed E-state index contributed by atoms with van der Waals surface area (Å²) in [6.07, 6.45) is 2.11. The molecule has 0 aromatic rings. The molecule has 0 aliphatic heterocycles. The molecule has 0 aliphatic rings. The minimum Gasteiger partial charge on any atom is -0.286 e. The number of hydrogen-bond acceptors (Lipinski definition) is 5. The fraction of sp³-hybridized carbons (Fsp3) is 1.00. The van der Waals surface area contributed by atoms with Gasteiger partial charge in [0.2, 0.25) is 0 Å². The summed E-state index contributed by atoms with van der Waals surface area (Å²) in [5, 5.41) is 0.784. The van der Waals surface area contributed by atoms with Gasteiger partial charge in [0, 0.05) is 12.5 Å². The lowest BCUT2D eigenvalue weighted by Gasteiger charge is -2.16. The van der Waals surface area contributed by atoms with E-state index in [2.05, 4.69) is 5.32 Å². The van der Waals surface area contributed by atoms with Gasteiger partial charge < -0.3 is 0 Å². The molecule has 0 heterocycles. The van der Waals surface area contributed by atoms with Gasteiger partial charge in [-0.15, -0.1) is 0 Å². The first-order valence-corrected chi connectivity index (χ1v) is 7.60. The molecule has 0 saturated heterocycles. The molecule has 0 fully saturated rings. The second-order valence-corrected chi connectivity index (χ2v) is 7.84. The Hall–Kier alpha value is -0.140. The van der Waals surface area contributed by atoms with Crippen LogP contribution in [0.5, 0.6) is 0 Å². The molecule has 0 amide bonds. The lowest BCUT2D eigenvalue weighted by Crippen LogP contribution is -2.43. The smallest absolute Gasteiger partial charge is 0.163 e. The van der Waals surface area contributed by atoms with Gasteiger partial charge in [0.1, 0.15) is 10.7 Å². The normalized spacial score (nSPS) is 18.2. The Bertz CT molecular complexity index is 320. The van der Waals surface area contributed by atoms with E-state index in [1.54, 1.807) is 0 Å². The maximum absolute atomic E-state index is 10.9. The molecule has 1 N–H and O–H groups in total. The highest BCUT2D eigenvalue weighted by atomic mass is 32.2. The van der Waals surface area contributed by atoms with Crippen molar-refractivity contribution in [3.63, 3.8) is 0 Å². The molecule has 7 heteroatoms. The van der Waals surface area contributed by atoms with Crippen molar-refractivity contribution in [1.29, 1.82) is 0 Å². The van der Waals surface area contributed by atoms with Crippen LogP contribution >= 0.6 is 0 Å². The Labute approximate surface area is 79.4 Å². The van der Waals surface area contributed by atoms with Crippen LogP contribution < -0.4 is 5.32 Å². The average Bonchev–Trinajstić information content (AvgIpc) is 1.82. The number of nitrogens with one attached hydrogen (secondary N) is 1. The van der Waals surface area contributed by atoms with Gasteiger partial charge in [0.25, 0.3) is 0 Å². The molecule has 0 aliphatic carbocycles. The molecule has 13 heavy (non-hydrogen) atoms. The molecule has 0 radical (unpaired) electrons. The molecule has 2 unspecified atom stereocenters. The monoisotopic (exact) mass is 229 g/mol. The molecule has 0 aromatic carbocycles. The highest BCUT2D eigenvalue weighted by Gasteiger charge is 2.21. The van der Waals surface area contributed by atoms with Crippen LogP contribution in [0.4, 0.5) is 0 Å². The van der Waals surface area contributed by atoms with Crippen LogP contribution in [0.25, 0.3) is 0 Å². The van der Waals surface area contributed by atoms with Crippen LogP contribution in [0.2, 0.25) is 0 Å². The summed E-state index contributed by atoms with van der Waals surface area (Å²) in [7, 11) is -6.47. The Kier molecular flexibility index (Phi) is 3.89. The van der Waals surface area contributed by atoms with E-state index in [9.17, 15) is 16.8 Å². The summed E-state index contributed by atoms with van der Waals surface area (Å²) in [6, 6.07) is 0. The third-order valence-corrected chi connectivity index (χ3v) is 4.59. The fourth-order valence-electron chi connectivity index (χ4n) is 0.578. The second-order valence-electron chi connectivity index (χ2n) is 3.11. The summed E-state index contributed by atoms with van der Waals surface area (Å²) in [4.78, 5) is 0. The van der Waals surface area contributed by atoms with Gasteiger partial charge in [-0.3, -0.25) is 5.32 Å². The first kappa shape index (κ1) is 12.9. The molecule has 80 valence electrons. The lowest BCUT2D eigenvalue weighted by molar-refractivity contribution is 0.541. The highest BCUT2D eigenvalue weighted by molar-refractivity contribution is 7.92. The molecule has 5 nitrogen and oxygen atoms in total. The van der Waals surface area contributed by atoms with Crippen LogP contribution in [-0.2, 0) is 19.7 Å². The highest BCUT2D eigenvalue weighted by Crippen LogP contribution is 1.99. The van der Waals surface area contributed by atoms with Crippen molar-refractivity contribution in [3.8, 4) is 0 Å². The summed E-state index contributed by atoms with van der Waals surface area (Å²) >= 11 is 0. The van der Waals surface area contributed by atoms with Crippen molar-refractivity contribution < 1.29 is 16.8 Å². The van der Waals surface area contributed by atoms with Gasteiger partial charge >= 0.3 is 0 Å². The predicted octanol–water partition coefficient (Wildman–Crippen LogP) is -0.643. The zero-order chi connectivity index (χ0) is 10.9.